The van der Waals surface area contributed by atoms with Gasteiger partial charge in [-0.3, -0.25) is 10.1 Å². The molecule has 0 aliphatic carbocycles. The summed E-state index contributed by atoms with van der Waals surface area (Å²) in [4.78, 5) is 10.3. The van der Waals surface area contributed by atoms with E-state index in [4.69, 9.17) is 10.5 Å². The summed E-state index contributed by atoms with van der Waals surface area (Å²) in [7, 11) is 1.42. The molecule has 0 aromatic heterocycles. The van der Waals surface area contributed by atoms with Crippen LogP contribution in [0, 0.1) is 16.0 Å². The smallest absolute Gasteiger partial charge is 0.311 e. The number of methoxy groups -OCH3 is 1. The van der Waals surface area contributed by atoms with Crippen molar-refractivity contribution in [1.29, 1.82) is 0 Å². The van der Waals surface area contributed by atoms with E-state index in [0.29, 0.717) is 12.5 Å². The lowest BCUT2D eigenvalue weighted by molar-refractivity contribution is -0.385. The fraction of sp³-hybridized carbons (Fsp3) is 0.538. The van der Waals surface area contributed by atoms with Gasteiger partial charge in [0.25, 0.3) is 0 Å². The van der Waals surface area contributed by atoms with E-state index in [9.17, 15) is 10.1 Å². The van der Waals surface area contributed by atoms with Crippen molar-refractivity contribution in [3.8, 4) is 5.75 Å². The van der Waals surface area contributed by atoms with Gasteiger partial charge in [0, 0.05) is 30.4 Å². The van der Waals surface area contributed by atoms with Gasteiger partial charge in [0.1, 0.15) is 0 Å². The molecule has 106 valence electrons. The van der Waals surface area contributed by atoms with Crippen molar-refractivity contribution in [2.45, 2.75) is 26.3 Å². The highest BCUT2D eigenvalue weighted by Crippen LogP contribution is 2.30. The molecule has 0 heterocycles. The van der Waals surface area contributed by atoms with Gasteiger partial charge in [-0.1, -0.05) is 13.8 Å². The van der Waals surface area contributed by atoms with Gasteiger partial charge < -0.3 is 15.8 Å². The molecule has 1 unspecified atom stereocenters. The van der Waals surface area contributed by atoms with Gasteiger partial charge in [-0.25, -0.2) is 0 Å². The van der Waals surface area contributed by atoms with Crippen LogP contribution >= 0.6 is 0 Å². The lowest BCUT2D eigenvalue weighted by atomic mass is 10.0. The lowest BCUT2D eigenvalue weighted by Crippen LogP contribution is -2.30. The average molecular weight is 267 g/mol. The first-order valence-electron chi connectivity index (χ1n) is 6.27. The van der Waals surface area contributed by atoms with Gasteiger partial charge in [0.2, 0.25) is 0 Å². The number of hydrogen-bond donors (Lipinski definition) is 2. The molecule has 6 nitrogen and oxygen atoms in total. The van der Waals surface area contributed by atoms with Gasteiger partial charge in [-0.15, -0.1) is 0 Å². The summed E-state index contributed by atoms with van der Waals surface area (Å²) in [5, 5.41) is 14.1. The lowest BCUT2D eigenvalue weighted by Gasteiger charge is -2.20. The number of hydrogen-bond acceptors (Lipinski definition) is 5. The predicted molar refractivity (Wildman–Crippen MR) is 75.6 cm³/mol. The Hall–Kier alpha value is -1.82. The van der Waals surface area contributed by atoms with Gasteiger partial charge >= 0.3 is 5.69 Å². The van der Waals surface area contributed by atoms with Crippen molar-refractivity contribution in [3.63, 3.8) is 0 Å². The van der Waals surface area contributed by atoms with Crippen LogP contribution in [0.15, 0.2) is 18.2 Å². The van der Waals surface area contributed by atoms with E-state index in [1.54, 1.807) is 12.1 Å². The van der Waals surface area contributed by atoms with Crippen LogP contribution in [0.25, 0.3) is 0 Å². The summed E-state index contributed by atoms with van der Waals surface area (Å²) >= 11 is 0. The highest BCUT2D eigenvalue weighted by Gasteiger charge is 2.16. The van der Waals surface area contributed by atoms with Gasteiger partial charge in [0.05, 0.1) is 12.0 Å². The first-order chi connectivity index (χ1) is 8.97. The third kappa shape index (κ3) is 4.40. The largest absolute Gasteiger partial charge is 0.490 e. The maximum absolute atomic E-state index is 10.8. The highest BCUT2D eigenvalue weighted by atomic mass is 16.6. The zero-order valence-corrected chi connectivity index (χ0v) is 11.6. The Balaban J connectivity index is 2.87. The maximum Gasteiger partial charge on any atom is 0.311 e. The molecular weight excluding hydrogens is 246 g/mol. The molecule has 0 radical (unpaired) electrons. The Kier molecular flexibility index (Phi) is 5.57. The second-order valence-electron chi connectivity index (χ2n) is 4.85. The Morgan fingerprint density at radius 2 is 2.16 bits per heavy atom. The SMILES string of the molecule is COc1cc(NC(CN)CC(C)C)ccc1[N+](=O)[O-]. The molecule has 0 aliphatic rings. The number of nitro groups is 1. The third-order valence-electron chi connectivity index (χ3n) is 2.79. The van der Waals surface area contributed by atoms with Gasteiger partial charge in [-0.05, 0) is 18.4 Å². The average Bonchev–Trinajstić information content (AvgIpc) is 2.36. The molecule has 1 atom stereocenters. The van der Waals surface area contributed by atoms with Crippen molar-refractivity contribution in [2.75, 3.05) is 19.0 Å². The first kappa shape index (κ1) is 15.2. The first-order valence-corrected chi connectivity index (χ1v) is 6.27. The minimum Gasteiger partial charge on any atom is -0.490 e. The number of nitrogens with zero attached hydrogens (tertiary/aromatic N) is 1. The molecule has 19 heavy (non-hydrogen) atoms. The number of nitro benzene ring substituents is 1. The normalized spacial score (nSPS) is 12.3. The molecule has 0 aliphatic heterocycles. The number of rotatable bonds is 7. The fourth-order valence-electron chi connectivity index (χ4n) is 1.94. The Morgan fingerprint density at radius 1 is 1.47 bits per heavy atom. The second kappa shape index (κ2) is 6.94. The van der Waals surface area contributed by atoms with E-state index in [1.807, 2.05) is 0 Å². The predicted octanol–water partition coefficient (Wildman–Crippen LogP) is 2.39. The standard InChI is InChI=1S/C13H21N3O3/c1-9(2)6-11(8-14)15-10-4-5-12(16(17)18)13(7-10)19-3/h4-5,7,9,11,15H,6,8,14H2,1-3H3. The van der Waals surface area contributed by atoms with E-state index in [-0.39, 0.29) is 17.5 Å². The molecule has 0 fully saturated rings. The summed E-state index contributed by atoms with van der Waals surface area (Å²) in [5.41, 5.74) is 6.45. The summed E-state index contributed by atoms with van der Waals surface area (Å²) < 4.78 is 5.03. The zero-order chi connectivity index (χ0) is 14.4. The van der Waals surface area contributed by atoms with Crippen LogP contribution in [0.3, 0.4) is 0 Å². The summed E-state index contributed by atoms with van der Waals surface area (Å²) in [6.07, 6.45) is 0.940. The molecule has 1 rings (SSSR count). The zero-order valence-electron chi connectivity index (χ0n) is 11.6. The summed E-state index contributed by atoms with van der Waals surface area (Å²) in [6, 6.07) is 4.88. The van der Waals surface area contributed by atoms with Crippen LogP contribution in [0.2, 0.25) is 0 Å². The fourth-order valence-corrected chi connectivity index (χ4v) is 1.94. The molecule has 3 N–H and O–H groups in total. The molecule has 0 bridgehead atoms. The van der Waals surface area contributed by atoms with Crippen molar-refractivity contribution >= 4 is 11.4 Å². The van der Waals surface area contributed by atoms with Gasteiger partial charge in [0.15, 0.2) is 5.75 Å². The number of anilines is 1. The quantitative estimate of drug-likeness (QED) is 0.584. The number of benzene rings is 1. The number of nitrogens with two attached hydrogens (primary N) is 1. The van der Waals surface area contributed by atoms with E-state index in [0.717, 1.165) is 12.1 Å². The Morgan fingerprint density at radius 3 is 2.63 bits per heavy atom. The van der Waals surface area contributed by atoms with Crippen molar-refractivity contribution < 1.29 is 9.66 Å². The molecule has 0 saturated heterocycles. The third-order valence-corrected chi connectivity index (χ3v) is 2.79. The monoisotopic (exact) mass is 267 g/mol. The molecule has 0 saturated carbocycles. The minimum absolute atomic E-state index is 0.0405. The van der Waals surface area contributed by atoms with Crippen molar-refractivity contribution in [2.24, 2.45) is 11.7 Å². The minimum atomic E-state index is -0.461. The Bertz CT molecular complexity index is 435. The molecular formula is C13H21N3O3. The summed E-state index contributed by atoms with van der Waals surface area (Å²) in [5.74, 6) is 0.774. The molecule has 6 heteroatoms. The maximum atomic E-state index is 10.8. The molecule has 1 aromatic rings. The van der Waals surface area contributed by atoms with Crippen LogP contribution in [-0.4, -0.2) is 24.6 Å². The van der Waals surface area contributed by atoms with E-state index < -0.39 is 4.92 Å². The summed E-state index contributed by atoms with van der Waals surface area (Å²) in [6.45, 7) is 4.76. The van der Waals surface area contributed by atoms with Crippen molar-refractivity contribution in [3.05, 3.63) is 28.3 Å². The Labute approximate surface area is 113 Å². The van der Waals surface area contributed by atoms with Crippen molar-refractivity contribution in [1.82, 2.24) is 0 Å². The second-order valence-corrected chi connectivity index (χ2v) is 4.85. The van der Waals surface area contributed by atoms with Crippen LogP contribution < -0.4 is 15.8 Å². The number of nitrogens with one attached hydrogen (secondary N) is 1. The van der Waals surface area contributed by atoms with Crippen LogP contribution in [-0.2, 0) is 0 Å². The highest BCUT2D eigenvalue weighted by molar-refractivity contribution is 5.58. The van der Waals surface area contributed by atoms with Gasteiger partial charge in [-0.2, -0.15) is 0 Å². The topological polar surface area (TPSA) is 90.4 Å². The molecule has 0 spiro atoms. The molecule has 0 amide bonds. The van der Waals surface area contributed by atoms with Crippen LogP contribution in [0.5, 0.6) is 5.75 Å². The molecule has 1 aromatic carbocycles. The van der Waals surface area contributed by atoms with E-state index >= 15 is 0 Å². The number of ether oxygens (including phenoxy) is 1. The van der Waals surface area contributed by atoms with Crippen LogP contribution in [0.1, 0.15) is 20.3 Å². The van der Waals surface area contributed by atoms with Crippen LogP contribution in [0.4, 0.5) is 11.4 Å². The van der Waals surface area contributed by atoms with E-state index in [2.05, 4.69) is 19.2 Å². The van der Waals surface area contributed by atoms with E-state index in [1.165, 1.54) is 13.2 Å².